The summed E-state index contributed by atoms with van der Waals surface area (Å²) in [6.07, 6.45) is 1.99. The first-order chi connectivity index (χ1) is 10.8. The zero-order valence-electron chi connectivity index (χ0n) is 12.4. The van der Waals surface area contributed by atoms with Crippen LogP contribution in [0.3, 0.4) is 0 Å². The fourth-order valence-electron chi connectivity index (χ4n) is 3.35. The third-order valence-electron chi connectivity index (χ3n) is 4.49. The van der Waals surface area contributed by atoms with Crippen molar-refractivity contribution in [2.45, 2.75) is 25.8 Å². The van der Waals surface area contributed by atoms with Gasteiger partial charge in [0.1, 0.15) is 0 Å². The summed E-state index contributed by atoms with van der Waals surface area (Å²) < 4.78 is 0. The van der Waals surface area contributed by atoms with Gasteiger partial charge in [-0.1, -0.05) is 12.1 Å². The second kappa shape index (κ2) is 4.88. The first-order valence-electron chi connectivity index (χ1n) is 7.49. The number of hydrogen-bond acceptors (Lipinski definition) is 3. The molecule has 0 amide bonds. The maximum absolute atomic E-state index is 9.22. The summed E-state index contributed by atoms with van der Waals surface area (Å²) in [6.45, 7) is 2.01. The number of aryl methyl sites for hydroxylation is 1. The maximum atomic E-state index is 9.22. The predicted molar refractivity (Wildman–Crippen MR) is 86.7 cm³/mol. The second-order valence-electron chi connectivity index (χ2n) is 5.79. The van der Waals surface area contributed by atoms with Crippen molar-refractivity contribution in [3.8, 4) is 6.07 Å². The van der Waals surface area contributed by atoms with E-state index in [4.69, 9.17) is 0 Å². The molecule has 1 heterocycles. The third kappa shape index (κ3) is 1.94. The van der Waals surface area contributed by atoms with Crippen LogP contribution in [0.5, 0.6) is 0 Å². The quantitative estimate of drug-likeness (QED) is 0.753. The molecule has 4 rings (SSSR count). The lowest BCUT2D eigenvalue weighted by atomic mass is 10.0. The Morgan fingerprint density at radius 2 is 2.23 bits per heavy atom. The fourth-order valence-corrected chi connectivity index (χ4v) is 3.35. The lowest BCUT2D eigenvalue weighted by Gasteiger charge is -2.16. The highest BCUT2D eigenvalue weighted by atomic mass is 15.1. The van der Waals surface area contributed by atoms with E-state index in [1.807, 2.05) is 19.1 Å². The molecule has 1 aliphatic carbocycles. The van der Waals surface area contributed by atoms with Crippen molar-refractivity contribution in [3.05, 3.63) is 58.8 Å². The van der Waals surface area contributed by atoms with Crippen LogP contribution in [-0.2, 0) is 6.42 Å². The molecule has 1 aromatic heterocycles. The number of nitrogens with zero attached hydrogens (tertiary/aromatic N) is 2. The molecule has 0 saturated heterocycles. The smallest absolute Gasteiger partial charge is 0.0994 e. The average Bonchev–Trinajstić information content (AvgIpc) is 3.12. The Labute approximate surface area is 128 Å². The molecule has 0 unspecified atom stereocenters. The minimum atomic E-state index is 0.271. The largest absolute Gasteiger partial charge is 0.378 e. The molecule has 0 radical (unpaired) electrons. The molecule has 0 fully saturated rings. The summed E-state index contributed by atoms with van der Waals surface area (Å²) in [5.41, 5.74) is 6.42. The van der Waals surface area contributed by atoms with Crippen LogP contribution in [0.25, 0.3) is 10.9 Å². The summed E-state index contributed by atoms with van der Waals surface area (Å²) in [6, 6.07) is 14.8. The number of hydrogen-bond donors (Lipinski definition) is 2. The number of rotatable bonds is 2. The molecule has 1 aliphatic rings. The van der Waals surface area contributed by atoms with Gasteiger partial charge >= 0.3 is 0 Å². The van der Waals surface area contributed by atoms with Crippen LogP contribution in [0.1, 0.15) is 34.8 Å². The topological polar surface area (TPSA) is 64.5 Å². The van der Waals surface area contributed by atoms with E-state index in [2.05, 4.69) is 45.8 Å². The van der Waals surface area contributed by atoms with E-state index in [9.17, 15) is 5.26 Å². The molecule has 3 aromatic rings. The number of H-pyrrole nitrogens is 1. The van der Waals surface area contributed by atoms with Crippen LogP contribution in [0.2, 0.25) is 0 Å². The molecular formula is C18H16N4. The zero-order chi connectivity index (χ0) is 15.1. The van der Waals surface area contributed by atoms with E-state index in [1.165, 1.54) is 11.1 Å². The van der Waals surface area contributed by atoms with Gasteiger partial charge < -0.3 is 5.32 Å². The lowest BCUT2D eigenvalue weighted by molar-refractivity contribution is 0.762. The number of anilines is 1. The minimum Gasteiger partial charge on any atom is -0.378 e. The monoisotopic (exact) mass is 288 g/mol. The number of aromatic nitrogens is 2. The van der Waals surface area contributed by atoms with Crippen molar-refractivity contribution >= 4 is 16.6 Å². The molecule has 4 heteroatoms. The number of benzene rings is 2. The number of nitrogens with one attached hydrogen (secondary N) is 2. The van der Waals surface area contributed by atoms with Crippen molar-refractivity contribution in [1.82, 2.24) is 10.2 Å². The average molecular weight is 288 g/mol. The molecule has 0 saturated carbocycles. The zero-order valence-corrected chi connectivity index (χ0v) is 12.4. The second-order valence-corrected chi connectivity index (χ2v) is 5.79. The van der Waals surface area contributed by atoms with Gasteiger partial charge in [-0.3, -0.25) is 5.10 Å². The van der Waals surface area contributed by atoms with Crippen molar-refractivity contribution < 1.29 is 0 Å². The summed E-state index contributed by atoms with van der Waals surface area (Å²) in [5.74, 6) is 0. The molecule has 0 spiro atoms. The molecular weight excluding hydrogens is 272 g/mol. The highest BCUT2D eigenvalue weighted by Gasteiger charge is 2.24. The van der Waals surface area contributed by atoms with Gasteiger partial charge in [0.15, 0.2) is 0 Å². The van der Waals surface area contributed by atoms with Gasteiger partial charge in [0.05, 0.1) is 28.9 Å². The summed E-state index contributed by atoms with van der Waals surface area (Å²) in [5, 5.41) is 21.2. The van der Waals surface area contributed by atoms with Crippen LogP contribution in [0.4, 0.5) is 5.69 Å². The van der Waals surface area contributed by atoms with Gasteiger partial charge in [-0.2, -0.15) is 10.4 Å². The Morgan fingerprint density at radius 3 is 3.09 bits per heavy atom. The first-order valence-corrected chi connectivity index (χ1v) is 7.49. The summed E-state index contributed by atoms with van der Waals surface area (Å²) in [4.78, 5) is 0. The van der Waals surface area contributed by atoms with Gasteiger partial charge in [-0.05, 0) is 55.2 Å². The molecule has 4 nitrogen and oxygen atoms in total. The van der Waals surface area contributed by atoms with E-state index < -0.39 is 0 Å². The number of aromatic amines is 1. The van der Waals surface area contributed by atoms with Gasteiger partial charge in [0.2, 0.25) is 0 Å². The molecule has 2 N–H and O–H groups in total. The minimum absolute atomic E-state index is 0.271. The van der Waals surface area contributed by atoms with Gasteiger partial charge in [-0.25, -0.2) is 0 Å². The van der Waals surface area contributed by atoms with Crippen LogP contribution in [0, 0.1) is 18.3 Å². The summed E-state index contributed by atoms with van der Waals surface area (Å²) in [7, 11) is 0. The Hall–Kier alpha value is -2.80. The molecule has 0 aliphatic heterocycles. The molecule has 1 atom stereocenters. The predicted octanol–water partition coefficient (Wildman–Crippen LogP) is 3.84. The normalized spacial score (nSPS) is 16.5. The highest BCUT2D eigenvalue weighted by Crippen LogP contribution is 2.36. The molecule has 108 valence electrons. The molecule has 0 bridgehead atoms. The van der Waals surface area contributed by atoms with Crippen molar-refractivity contribution in [1.29, 1.82) is 5.26 Å². The molecule has 22 heavy (non-hydrogen) atoms. The standard InChI is InChI=1S/C18H16N4/c1-11-16-9-13(5-7-18(16)22-21-11)20-17-8-6-14-12(10-19)3-2-4-15(14)17/h2-5,7,9,17,20H,6,8H2,1H3,(H,21,22)/t17-/m0/s1. The van der Waals surface area contributed by atoms with E-state index in [-0.39, 0.29) is 6.04 Å². The molecule has 2 aromatic carbocycles. The van der Waals surface area contributed by atoms with Crippen LogP contribution in [-0.4, -0.2) is 10.2 Å². The highest BCUT2D eigenvalue weighted by molar-refractivity contribution is 5.84. The van der Waals surface area contributed by atoms with Crippen molar-refractivity contribution in [3.63, 3.8) is 0 Å². The van der Waals surface area contributed by atoms with E-state index in [1.54, 1.807) is 0 Å². The Kier molecular flexibility index (Phi) is 2.87. The Bertz CT molecular complexity index is 901. The number of fused-ring (bicyclic) bond motifs is 2. The van der Waals surface area contributed by atoms with E-state index >= 15 is 0 Å². The van der Waals surface area contributed by atoms with Gasteiger partial charge in [-0.15, -0.1) is 0 Å². The van der Waals surface area contributed by atoms with Crippen LogP contribution < -0.4 is 5.32 Å². The summed E-state index contributed by atoms with van der Waals surface area (Å²) >= 11 is 0. The van der Waals surface area contributed by atoms with Gasteiger partial charge in [0, 0.05) is 11.1 Å². The van der Waals surface area contributed by atoms with E-state index in [0.717, 1.165) is 40.7 Å². The van der Waals surface area contributed by atoms with E-state index in [0.29, 0.717) is 0 Å². The third-order valence-corrected chi connectivity index (χ3v) is 4.49. The van der Waals surface area contributed by atoms with Crippen molar-refractivity contribution in [2.75, 3.05) is 5.32 Å². The van der Waals surface area contributed by atoms with Crippen molar-refractivity contribution in [2.24, 2.45) is 0 Å². The SMILES string of the molecule is Cc1n[nH]c2ccc(N[C@H]3CCc4c(C#N)cccc43)cc12. The van der Waals surface area contributed by atoms with Gasteiger partial charge in [0.25, 0.3) is 0 Å². The first kappa shape index (κ1) is 12.9. The number of nitriles is 1. The van der Waals surface area contributed by atoms with Crippen LogP contribution >= 0.6 is 0 Å². The Balaban J connectivity index is 1.68. The van der Waals surface area contributed by atoms with Crippen LogP contribution in [0.15, 0.2) is 36.4 Å². The fraction of sp³-hybridized carbons (Fsp3) is 0.222. The lowest BCUT2D eigenvalue weighted by Crippen LogP contribution is -2.07. The maximum Gasteiger partial charge on any atom is 0.0994 e. The Morgan fingerprint density at radius 1 is 1.32 bits per heavy atom.